The van der Waals surface area contributed by atoms with Crippen LogP contribution >= 0.6 is 22.9 Å². The Labute approximate surface area is 161 Å². The summed E-state index contributed by atoms with van der Waals surface area (Å²) in [6, 6.07) is 8.03. The topological polar surface area (TPSA) is 59.3 Å². The second-order valence-corrected chi connectivity index (χ2v) is 8.34. The second kappa shape index (κ2) is 7.15. The Morgan fingerprint density at radius 3 is 2.73 bits per heavy atom. The van der Waals surface area contributed by atoms with Gasteiger partial charge in [0.1, 0.15) is 36.9 Å². The van der Waals surface area contributed by atoms with Crippen LogP contribution in [0.4, 0.5) is 0 Å². The smallest absolute Gasteiger partial charge is 0.235 e. The summed E-state index contributed by atoms with van der Waals surface area (Å²) in [5, 5.41) is 15.9. The first-order chi connectivity index (χ1) is 12.6. The number of piperazine rings is 1. The van der Waals surface area contributed by atoms with Gasteiger partial charge in [0.25, 0.3) is 0 Å². The minimum atomic E-state index is 0.0425. The van der Waals surface area contributed by atoms with E-state index in [1.165, 1.54) is 16.2 Å². The summed E-state index contributed by atoms with van der Waals surface area (Å²) < 4.78 is 1.56. The monoisotopic (exact) mass is 393 g/mol. The van der Waals surface area contributed by atoms with Crippen molar-refractivity contribution in [1.82, 2.24) is 14.6 Å². The van der Waals surface area contributed by atoms with E-state index in [4.69, 9.17) is 11.6 Å². The molecule has 0 spiro atoms. The molecule has 1 aliphatic heterocycles. The van der Waals surface area contributed by atoms with E-state index in [2.05, 4.69) is 23.1 Å². The van der Waals surface area contributed by atoms with E-state index in [9.17, 15) is 5.11 Å². The highest BCUT2D eigenvalue weighted by Gasteiger charge is 2.35. The van der Waals surface area contributed by atoms with Gasteiger partial charge in [0.05, 0.1) is 6.54 Å². The molecule has 3 aromatic rings. The van der Waals surface area contributed by atoms with E-state index in [-0.39, 0.29) is 11.9 Å². The molecule has 0 aliphatic carbocycles. The zero-order valence-electron chi connectivity index (χ0n) is 15.0. The van der Waals surface area contributed by atoms with Crippen LogP contribution in [-0.2, 0) is 0 Å². The Morgan fingerprint density at radius 1 is 1.31 bits per heavy atom. The molecule has 0 unspecified atom stereocenters. The van der Waals surface area contributed by atoms with Gasteiger partial charge in [-0.3, -0.25) is 0 Å². The summed E-state index contributed by atoms with van der Waals surface area (Å²) in [5.41, 5.74) is 1.13. The van der Waals surface area contributed by atoms with Crippen LogP contribution in [0.25, 0.3) is 4.96 Å². The van der Waals surface area contributed by atoms with E-state index in [0.717, 1.165) is 53.1 Å². The van der Waals surface area contributed by atoms with Crippen LogP contribution in [0.3, 0.4) is 0 Å². The molecule has 8 heteroatoms. The van der Waals surface area contributed by atoms with Crippen molar-refractivity contribution in [3.63, 3.8) is 0 Å². The molecule has 3 N–H and O–H groups in total. The number of likely N-dealkylation sites (N-methyl/N-ethyl adjacent to an activating group) is 1. The minimum Gasteiger partial charge on any atom is -0.492 e. The number of aromatic hydroxyl groups is 1. The van der Waals surface area contributed by atoms with E-state index >= 15 is 0 Å². The van der Waals surface area contributed by atoms with Crippen LogP contribution < -0.4 is 9.80 Å². The molecule has 6 nitrogen and oxygen atoms in total. The molecule has 0 radical (unpaired) electrons. The first-order valence-corrected chi connectivity index (χ1v) is 10.2. The molecule has 3 heterocycles. The van der Waals surface area contributed by atoms with E-state index < -0.39 is 0 Å². The fourth-order valence-corrected chi connectivity index (χ4v) is 5.25. The Bertz CT molecular complexity index is 916. The van der Waals surface area contributed by atoms with Crippen molar-refractivity contribution in [1.29, 1.82) is 0 Å². The molecule has 1 aliphatic rings. The molecule has 0 saturated carbocycles. The van der Waals surface area contributed by atoms with Crippen LogP contribution in [0, 0.1) is 6.92 Å². The van der Waals surface area contributed by atoms with Gasteiger partial charge in [0, 0.05) is 10.6 Å². The molecule has 26 heavy (non-hydrogen) atoms. The maximum atomic E-state index is 10.9. The molecule has 1 fully saturated rings. The summed E-state index contributed by atoms with van der Waals surface area (Å²) in [4.78, 5) is 9.18. The van der Waals surface area contributed by atoms with Gasteiger partial charge in [0.15, 0.2) is 6.04 Å². The maximum absolute atomic E-state index is 10.9. The Balaban J connectivity index is 1.77. The van der Waals surface area contributed by atoms with Crippen LogP contribution in [0.5, 0.6) is 5.88 Å². The summed E-state index contributed by atoms with van der Waals surface area (Å²) in [5.74, 6) is 0.873. The third-order valence-electron chi connectivity index (χ3n) is 5.26. The number of fused-ring (bicyclic) bond motifs is 1. The summed E-state index contributed by atoms with van der Waals surface area (Å²) in [6.07, 6.45) is 0. The van der Waals surface area contributed by atoms with Crippen molar-refractivity contribution in [3.8, 4) is 5.88 Å². The van der Waals surface area contributed by atoms with Crippen molar-refractivity contribution in [3.05, 3.63) is 45.6 Å². The first kappa shape index (κ1) is 17.7. The number of thiazole rings is 1. The number of nitrogens with zero attached hydrogens (tertiary/aromatic N) is 3. The minimum absolute atomic E-state index is 0.0425. The third kappa shape index (κ3) is 3.20. The molecule has 2 aromatic heterocycles. The average Bonchev–Trinajstić information content (AvgIpc) is 3.14. The van der Waals surface area contributed by atoms with Crippen molar-refractivity contribution < 1.29 is 14.9 Å². The summed E-state index contributed by atoms with van der Waals surface area (Å²) in [6.45, 7) is 9.65. The first-order valence-electron chi connectivity index (χ1n) is 9.05. The lowest BCUT2D eigenvalue weighted by Crippen LogP contribution is -3.28. The van der Waals surface area contributed by atoms with E-state index in [1.807, 2.05) is 25.1 Å². The second-order valence-electron chi connectivity index (χ2n) is 6.89. The predicted octanol–water partition coefficient (Wildman–Crippen LogP) is 0.351. The van der Waals surface area contributed by atoms with Crippen molar-refractivity contribution >= 4 is 27.9 Å². The molecule has 1 atom stereocenters. The molecule has 138 valence electrons. The van der Waals surface area contributed by atoms with Crippen molar-refractivity contribution in [2.75, 3.05) is 32.7 Å². The molecule has 0 bridgehead atoms. The molecular formula is C18H24ClN5OS+2. The molecule has 0 amide bonds. The number of aryl methyl sites for hydroxylation is 1. The number of benzene rings is 1. The zero-order chi connectivity index (χ0) is 18.3. The highest BCUT2D eigenvalue weighted by atomic mass is 35.5. The van der Waals surface area contributed by atoms with Crippen LogP contribution in [0.2, 0.25) is 5.02 Å². The fourth-order valence-electron chi connectivity index (χ4n) is 3.86. The lowest BCUT2D eigenvalue weighted by molar-refractivity contribution is -1.02. The van der Waals surface area contributed by atoms with Gasteiger partial charge in [-0.15, -0.1) is 5.10 Å². The summed E-state index contributed by atoms with van der Waals surface area (Å²) >= 11 is 7.80. The number of rotatable bonds is 4. The quantitative estimate of drug-likeness (QED) is 0.599. The number of hydrogen-bond acceptors (Lipinski definition) is 4. The number of aromatic nitrogens is 3. The number of quaternary nitrogens is 2. The molecular weight excluding hydrogens is 370 g/mol. The normalized spacial score (nSPS) is 22.0. The van der Waals surface area contributed by atoms with Gasteiger partial charge < -0.3 is 14.9 Å². The number of halogens is 1. The highest BCUT2D eigenvalue weighted by molar-refractivity contribution is 7.17. The molecule has 4 rings (SSSR count). The lowest BCUT2D eigenvalue weighted by Gasteiger charge is -2.34. The van der Waals surface area contributed by atoms with Crippen molar-refractivity contribution in [2.45, 2.75) is 19.9 Å². The number of nitrogens with one attached hydrogen (secondary N) is 2. The Hall–Kier alpha value is -1.67. The highest BCUT2D eigenvalue weighted by Crippen LogP contribution is 2.35. The average molecular weight is 394 g/mol. The maximum Gasteiger partial charge on any atom is 0.235 e. The third-order valence-corrected chi connectivity index (χ3v) is 6.58. The number of hydrogen-bond donors (Lipinski definition) is 3. The SMILES string of the molecule is CC[NH+]1CC[NH+]([C@@H](c2cccc(Cl)c2)c2sc3nc(C)nn3c2O)CC1. The van der Waals surface area contributed by atoms with Crippen LogP contribution in [-0.4, -0.2) is 52.4 Å². The van der Waals surface area contributed by atoms with Gasteiger partial charge in [-0.2, -0.15) is 4.52 Å². The van der Waals surface area contributed by atoms with E-state index in [1.54, 1.807) is 9.42 Å². The standard InChI is InChI=1S/C18H22ClN5OS/c1-3-22-7-9-23(10-8-22)15(13-5-4-6-14(19)11-13)16-17(25)24-18(26-16)20-12(2)21-24/h4-6,11,15,25H,3,7-10H2,1-2H3/p+2/t15-/m0/s1. The molecule has 1 aromatic carbocycles. The molecule has 1 saturated heterocycles. The van der Waals surface area contributed by atoms with Gasteiger partial charge in [-0.25, -0.2) is 4.98 Å². The van der Waals surface area contributed by atoms with E-state index in [0.29, 0.717) is 5.82 Å². The van der Waals surface area contributed by atoms with Crippen molar-refractivity contribution in [2.24, 2.45) is 0 Å². The Morgan fingerprint density at radius 2 is 2.08 bits per heavy atom. The lowest BCUT2D eigenvalue weighted by atomic mass is 10.0. The van der Waals surface area contributed by atoms with Crippen LogP contribution in [0.1, 0.15) is 29.2 Å². The summed E-state index contributed by atoms with van der Waals surface area (Å²) in [7, 11) is 0. The van der Waals surface area contributed by atoms with Crippen LogP contribution in [0.15, 0.2) is 24.3 Å². The fraction of sp³-hybridized carbons (Fsp3) is 0.444. The van der Waals surface area contributed by atoms with Gasteiger partial charge in [-0.05, 0) is 26.0 Å². The zero-order valence-corrected chi connectivity index (χ0v) is 16.6. The Kier molecular flexibility index (Phi) is 4.88. The largest absolute Gasteiger partial charge is 0.492 e. The predicted molar refractivity (Wildman–Crippen MR) is 102 cm³/mol. The van der Waals surface area contributed by atoms with Gasteiger partial charge >= 0.3 is 0 Å². The van der Waals surface area contributed by atoms with Gasteiger partial charge in [-0.1, -0.05) is 35.1 Å². The van der Waals surface area contributed by atoms with Gasteiger partial charge in [0.2, 0.25) is 10.8 Å².